The molecule has 0 unspecified atom stereocenters. The number of fused-ring (bicyclic) bond motifs is 1. The molecule has 0 aliphatic heterocycles. The van der Waals surface area contributed by atoms with E-state index in [0.717, 1.165) is 15.8 Å². The van der Waals surface area contributed by atoms with E-state index in [-0.39, 0.29) is 11.6 Å². The number of aryl methyl sites for hydroxylation is 1. The van der Waals surface area contributed by atoms with Crippen LogP contribution < -0.4 is 9.64 Å². The molecule has 9 heteroatoms. The molecular formula is C24H20N4O4S. The number of ether oxygens (including phenoxy) is 1. The lowest BCUT2D eigenvalue weighted by molar-refractivity contribution is -0.384. The molecule has 4 rings (SSSR count). The number of pyridine rings is 1. The second-order valence-electron chi connectivity index (χ2n) is 7.22. The second-order valence-corrected chi connectivity index (χ2v) is 8.20. The number of non-ortho nitro benzene ring substituents is 1. The second kappa shape index (κ2) is 9.58. The first-order valence-corrected chi connectivity index (χ1v) is 10.8. The maximum atomic E-state index is 13.3. The summed E-state index contributed by atoms with van der Waals surface area (Å²) in [5.41, 5.74) is 3.16. The van der Waals surface area contributed by atoms with Crippen LogP contribution in [0.4, 0.5) is 10.8 Å². The van der Waals surface area contributed by atoms with E-state index < -0.39 is 4.92 Å². The van der Waals surface area contributed by atoms with Crippen LogP contribution >= 0.6 is 11.3 Å². The number of anilines is 1. The van der Waals surface area contributed by atoms with Gasteiger partial charge in [0.2, 0.25) is 0 Å². The van der Waals surface area contributed by atoms with Crippen LogP contribution in [0, 0.1) is 17.0 Å². The first-order chi connectivity index (χ1) is 16.0. The molecule has 0 aliphatic rings. The van der Waals surface area contributed by atoms with Gasteiger partial charge in [-0.1, -0.05) is 29.5 Å². The number of nitro groups is 1. The molecule has 8 nitrogen and oxygen atoms in total. The number of methoxy groups -OCH3 is 1. The van der Waals surface area contributed by atoms with Gasteiger partial charge in [0.05, 0.1) is 23.3 Å². The van der Waals surface area contributed by atoms with Gasteiger partial charge in [-0.05, 0) is 47.9 Å². The summed E-state index contributed by atoms with van der Waals surface area (Å²) in [6, 6.07) is 13.6. The van der Waals surface area contributed by atoms with Crippen LogP contribution in [0.1, 0.15) is 16.7 Å². The maximum absolute atomic E-state index is 13.3. The average molecular weight is 461 g/mol. The highest BCUT2D eigenvalue weighted by molar-refractivity contribution is 7.22. The molecule has 0 N–H and O–H groups in total. The Morgan fingerprint density at radius 3 is 2.73 bits per heavy atom. The van der Waals surface area contributed by atoms with Gasteiger partial charge in [-0.15, -0.1) is 0 Å². The fraction of sp³-hybridized carbons (Fsp3) is 0.125. The summed E-state index contributed by atoms with van der Waals surface area (Å²) < 4.78 is 6.40. The van der Waals surface area contributed by atoms with Crippen molar-refractivity contribution in [3.63, 3.8) is 0 Å². The van der Waals surface area contributed by atoms with Crippen LogP contribution in [-0.2, 0) is 11.3 Å². The highest BCUT2D eigenvalue weighted by atomic mass is 32.1. The van der Waals surface area contributed by atoms with E-state index in [2.05, 4.69) is 4.98 Å². The normalized spacial score (nSPS) is 11.1. The van der Waals surface area contributed by atoms with E-state index in [4.69, 9.17) is 9.72 Å². The Kier molecular flexibility index (Phi) is 6.41. The monoisotopic (exact) mass is 460 g/mol. The predicted octanol–water partition coefficient (Wildman–Crippen LogP) is 5.16. The van der Waals surface area contributed by atoms with E-state index in [1.165, 1.54) is 29.5 Å². The van der Waals surface area contributed by atoms with Gasteiger partial charge in [0.1, 0.15) is 11.3 Å². The molecule has 0 saturated carbocycles. The summed E-state index contributed by atoms with van der Waals surface area (Å²) in [5, 5.41) is 11.6. The Morgan fingerprint density at radius 2 is 2.00 bits per heavy atom. The summed E-state index contributed by atoms with van der Waals surface area (Å²) in [7, 11) is 1.59. The number of nitrogens with zero attached hydrogens (tertiary/aromatic N) is 4. The molecule has 166 valence electrons. The number of nitro benzene ring substituents is 1. The molecule has 4 aromatic rings. The SMILES string of the molecule is COc1ccc(C)c2sc(N(Cc3ccncc3)C(=O)C=Cc3cccc([N+](=O)[O-])c3)nc12. The van der Waals surface area contributed by atoms with E-state index in [9.17, 15) is 14.9 Å². The minimum absolute atomic E-state index is 0.0352. The largest absolute Gasteiger partial charge is 0.494 e. The average Bonchev–Trinajstić information content (AvgIpc) is 3.28. The lowest BCUT2D eigenvalue weighted by Gasteiger charge is -2.18. The zero-order valence-electron chi connectivity index (χ0n) is 18.0. The third-order valence-electron chi connectivity index (χ3n) is 5.00. The fourth-order valence-corrected chi connectivity index (χ4v) is 4.34. The van der Waals surface area contributed by atoms with Crippen molar-refractivity contribution >= 4 is 44.4 Å². The number of carbonyl (C=O) groups is 1. The van der Waals surface area contributed by atoms with Gasteiger partial charge < -0.3 is 4.74 Å². The van der Waals surface area contributed by atoms with E-state index in [1.54, 1.807) is 42.6 Å². The minimum atomic E-state index is -0.467. The standard InChI is InChI=1S/C24H20N4O4S/c1-16-6-8-20(32-2)22-23(16)33-24(26-22)27(15-18-10-12-25-13-11-18)21(29)9-7-17-4-3-5-19(14-17)28(30)31/h3-14H,15H2,1-2H3. The smallest absolute Gasteiger partial charge is 0.270 e. The molecule has 2 heterocycles. The van der Waals surface area contributed by atoms with Gasteiger partial charge in [-0.3, -0.25) is 24.8 Å². The highest BCUT2D eigenvalue weighted by Crippen LogP contribution is 2.37. The molecule has 0 aliphatic carbocycles. The van der Waals surface area contributed by atoms with Crippen LogP contribution in [0.5, 0.6) is 5.75 Å². The Balaban J connectivity index is 1.72. The molecular weight excluding hydrogens is 440 g/mol. The van der Waals surface area contributed by atoms with Crippen molar-refractivity contribution in [3.05, 3.63) is 93.8 Å². The number of hydrogen-bond donors (Lipinski definition) is 0. The number of thiazole rings is 1. The molecule has 0 radical (unpaired) electrons. The van der Waals surface area contributed by atoms with E-state index in [0.29, 0.717) is 28.5 Å². The van der Waals surface area contributed by atoms with Crippen molar-refractivity contribution in [2.24, 2.45) is 0 Å². The molecule has 2 aromatic carbocycles. The highest BCUT2D eigenvalue weighted by Gasteiger charge is 2.21. The molecule has 2 aromatic heterocycles. The van der Waals surface area contributed by atoms with E-state index in [1.807, 2.05) is 31.2 Å². The number of benzene rings is 2. The Morgan fingerprint density at radius 1 is 1.21 bits per heavy atom. The van der Waals surface area contributed by atoms with Gasteiger partial charge in [-0.25, -0.2) is 4.98 Å². The molecule has 0 fully saturated rings. The van der Waals surface area contributed by atoms with Crippen molar-refractivity contribution in [3.8, 4) is 5.75 Å². The number of rotatable bonds is 7. The van der Waals surface area contributed by atoms with Crippen LogP contribution in [0.2, 0.25) is 0 Å². The van der Waals surface area contributed by atoms with Gasteiger partial charge in [-0.2, -0.15) is 0 Å². The molecule has 33 heavy (non-hydrogen) atoms. The molecule has 0 atom stereocenters. The van der Waals surface area contributed by atoms with Crippen molar-refractivity contribution in [2.75, 3.05) is 12.0 Å². The predicted molar refractivity (Wildman–Crippen MR) is 128 cm³/mol. The van der Waals surface area contributed by atoms with Gasteiger partial charge in [0.25, 0.3) is 11.6 Å². The summed E-state index contributed by atoms with van der Waals surface area (Å²) in [6.07, 6.45) is 6.30. The zero-order chi connectivity index (χ0) is 23.4. The summed E-state index contributed by atoms with van der Waals surface area (Å²) >= 11 is 1.41. The van der Waals surface area contributed by atoms with Gasteiger partial charge >= 0.3 is 0 Å². The van der Waals surface area contributed by atoms with Crippen LogP contribution in [0.25, 0.3) is 16.3 Å². The van der Waals surface area contributed by atoms with Crippen molar-refractivity contribution in [1.82, 2.24) is 9.97 Å². The summed E-state index contributed by atoms with van der Waals surface area (Å²) in [6.45, 7) is 2.28. The van der Waals surface area contributed by atoms with Crippen molar-refractivity contribution < 1.29 is 14.5 Å². The van der Waals surface area contributed by atoms with Gasteiger partial charge in [0, 0.05) is 30.6 Å². The molecule has 1 amide bonds. The number of aromatic nitrogens is 2. The Bertz CT molecular complexity index is 1350. The summed E-state index contributed by atoms with van der Waals surface area (Å²) in [5.74, 6) is 0.343. The lowest BCUT2D eigenvalue weighted by Crippen LogP contribution is -2.28. The molecule has 0 bridgehead atoms. The third-order valence-corrected chi connectivity index (χ3v) is 6.21. The topological polar surface area (TPSA) is 98.5 Å². The third kappa shape index (κ3) is 4.88. The number of amides is 1. The molecule has 0 spiro atoms. The van der Waals surface area contributed by atoms with Gasteiger partial charge in [0.15, 0.2) is 5.13 Å². The zero-order valence-corrected chi connectivity index (χ0v) is 18.8. The maximum Gasteiger partial charge on any atom is 0.270 e. The van der Waals surface area contributed by atoms with E-state index >= 15 is 0 Å². The Labute approximate surface area is 193 Å². The lowest BCUT2D eigenvalue weighted by atomic mass is 10.2. The fourth-order valence-electron chi connectivity index (χ4n) is 3.29. The first kappa shape index (κ1) is 22.1. The number of hydrogen-bond acceptors (Lipinski definition) is 7. The number of carbonyl (C=O) groups excluding carboxylic acids is 1. The quantitative estimate of drug-likeness (QED) is 0.215. The van der Waals surface area contributed by atoms with Crippen LogP contribution in [-0.4, -0.2) is 27.9 Å². The first-order valence-electron chi connectivity index (χ1n) is 10.0. The van der Waals surface area contributed by atoms with Crippen molar-refractivity contribution in [2.45, 2.75) is 13.5 Å². The van der Waals surface area contributed by atoms with Crippen LogP contribution in [0.15, 0.2) is 67.0 Å². The summed E-state index contributed by atoms with van der Waals surface area (Å²) in [4.78, 5) is 34.2. The van der Waals surface area contributed by atoms with Crippen LogP contribution in [0.3, 0.4) is 0 Å². The van der Waals surface area contributed by atoms with Crippen molar-refractivity contribution in [1.29, 1.82) is 0 Å². The Hall–Kier alpha value is -4.11. The minimum Gasteiger partial charge on any atom is -0.494 e. The molecule has 0 saturated heterocycles.